The Morgan fingerprint density at radius 2 is 1.68 bits per heavy atom. The van der Waals surface area contributed by atoms with Crippen LogP contribution in [0.5, 0.6) is 17.2 Å². The Bertz CT molecular complexity index is 973. The van der Waals surface area contributed by atoms with Crippen molar-refractivity contribution in [1.82, 2.24) is 0 Å². The molecule has 0 aliphatic heterocycles. The molecule has 0 fully saturated rings. The highest BCUT2D eigenvalue weighted by molar-refractivity contribution is 5.88. The fourth-order valence-corrected chi connectivity index (χ4v) is 3.10. The third-order valence-electron chi connectivity index (χ3n) is 4.45. The number of carbonyl (C=O) groups excluding carboxylic acids is 1. The summed E-state index contributed by atoms with van der Waals surface area (Å²) in [5.41, 5.74) is 2.67. The van der Waals surface area contributed by atoms with Crippen LogP contribution >= 0.6 is 0 Å². The van der Waals surface area contributed by atoms with Gasteiger partial charge < -0.3 is 23.4 Å². The number of fused-ring (bicyclic) bond motifs is 1. The quantitative estimate of drug-likeness (QED) is 0.417. The maximum atomic E-state index is 10.9. The van der Waals surface area contributed by atoms with E-state index in [-0.39, 0.29) is 5.97 Å². The first-order chi connectivity index (χ1) is 13.5. The lowest BCUT2D eigenvalue weighted by atomic mass is 10.1. The molecule has 0 unspecified atom stereocenters. The normalized spacial score (nSPS) is 10.7. The lowest BCUT2D eigenvalue weighted by molar-refractivity contribution is -0.141. The van der Waals surface area contributed by atoms with Crippen molar-refractivity contribution in [2.75, 3.05) is 27.9 Å². The maximum Gasteiger partial charge on any atom is 0.302 e. The van der Waals surface area contributed by atoms with Gasteiger partial charge in [-0.25, -0.2) is 0 Å². The van der Waals surface area contributed by atoms with Crippen LogP contribution in [0.1, 0.15) is 18.9 Å². The average molecular weight is 384 g/mol. The van der Waals surface area contributed by atoms with E-state index in [0.717, 1.165) is 29.4 Å². The maximum absolute atomic E-state index is 10.9. The fraction of sp³-hybridized carbons (Fsp3) is 0.318. The number of rotatable bonds is 8. The zero-order valence-electron chi connectivity index (χ0n) is 16.5. The van der Waals surface area contributed by atoms with Gasteiger partial charge in [0, 0.05) is 17.9 Å². The molecule has 0 N–H and O–H groups in total. The molecule has 6 heteroatoms. The summed E-state index contributed by atoms with van der Waals surface area (Å²) >= 11 is 0. The molecule has 0 radical (unpaired) electrons. The van der Waals surface area contributed by atoms with Gasteiger partial charge in [0.05, 0.1) is 27.9 Å². The Morgan fingerprint density at radius 3 is 2.36 bits per heavy atom. The minimum Gasteiger partial charge on any atom is -0.493 e. The van der Waals surface area contributed by atoms with Crippen molar-refractivity contribution in [2.24, 2.45) is 0 Å². The second kappa shape index (κ2) is 8.69. The molecule has 0 bridgehead atoms. The highest BCUT2D eigenvalue weighted by atomic mass is 16.5. The number of hydrogen-bond donors (Lipinski definition) is 0. The molecule has 0 spiro atoms. The number of furan rings is 1. The minimum atomic E-state index is -0.262. The molecule has 28 heavy (non-hydrogen) atoms. The predicted molar refractivity (Wildman–Crippen MR) is 106 cm³/mol. The lowest BCUT2D eigenvalue weighted by Crippen LogP contribution is -2.01. The van der Waals surface area contributed by atoms with E-state index >= 15 is 0 Å². The molecule has 3 rings (SSSR count). The van der Waals surface area contributed by atoms with Gasteiger partial charge in [0.15, 0.2) is 22.8 Å². The van der Waals surface area contributed by atoms with Crippen molar-refractivity contribution < 1.29 is 28.2 Å². The van der Waals surface area contributed by atoms with Crippen LogP contribution in [0.4, 0.5) is 0 Å². The molecule has 6 nitrogen and oxygen atoms in total. The Kier molecular flexibility index (Phi) is 6.09. The summed E-state index contributed by atoms with van der Waals surface area (Å²) in [5, 5.41) is 0.951. The van der Waals surface area contributed by atoms with Crippen molar-refractivity contribution in [3.8, 4) is 28.6 Å². The van der Waals surface area contributed by atoms with Crippen LogP contribution in [-0.4, -0.2) is 33.9 Å². The minimum absolute atomic E-state index is 0.262. The van der Waals surface area contributed by atoms with E-state index in [1.165, 1.54) is 6.92 Å². The Morgan fingerprint density at radius 1 is 0.929 bits per heavy atom. The number of esters is 1. The first-order valence-electron chi connectivity index (χ1n) is 9.02. The highest BCUT2D eigenvalue weighted by Gasteiger charge is 2.14. The monoisotopic (exact) mass is 384 g/mol. The first-order valence-corrected chi connectivity index (χ1v) is 9.02. The summed E-state index contributed by atoms with van der Waals surface area (Å²) in [5.74, 6) is 2.43. The molecule has 0 aliphatic rings. The van der Waals surface area contributed by atoms with Gasteiger partial charge in [-0.2, -0.15) is 0 Å². The van der Waals surface area contributed by atoms with Crippen LogP contribution in [0.2, 0.25) is 0 Å². The SMILES string of the molecule is COc1ccc(-c2cc3cc(CCCOC(C)=O)cc(OC)c3o2)cc1OC. The highest BCUT2D eigenvalue weighted by Crippen LogP contribution is 2.37. The molecule has 0 aliphatic carbocycles. The van der Waals surface area contributed by atoms with E-state index < -0.39 is 0 Å². The second-order valence-corrected chi connectivity index (χ2v) is 6.34. The van der Waals surface area contributed by atoms with E-state index in [0.29, 0.717) is 35.2 Å². The van der Waals surface area contributed by atoms with E-state index in [4.69, 9.17) is 23.4 Å². The number of methoxy groups -OCH3 is 3. The van der Waals surface area contributed by atoms with Crippen molar-refractivity contribution in [1.29, 1.82) is 0 Å². The van der Waals surface area contributed by atoms with Gasteiger partial charge in [-0.1, -0.05) is 0 Å². The van der Waals surface area contributed by atoms with Crippen LogP contribution in [0.3, 0.4) is 0 Å². The smallest absolute Gasteiger partial charge is 0.302 e. The van der Waals surface area contributed by atoms with Gasteiger partial charge in [0.25, 0.3) is 0 Å². The zero-order chi connectivity index (χ0) is 20.1. The summed E-state index contributed by atoms with van der Waals surface area (Å²) in [6, 6.07) is 11.7. The molecule has 148 valence electrons. The number of aryl methyl sites for hydroxylation is 1. The Hall–Kier alpha value is -3.15. The molecule has 0 amide bonds. The largest absolute Gasteiger partial charge is 0.493 e. The van der Waals surface area contributed by atoms with Crippen LogP contribution in [0.25, 0.3) is 22.3 Å². The van der Waals surface area contributed by atoms with Crippen molar-refractivity contribution in [3.63, 3.8) is 0 Å². The third kappa shape index (κ3) is 4.22. The van der Waals surface area contributed by atoms with Crippen LogP contribution in [0, 0.1) is 0 Å². The Balaban J connectivity index is 1.91. The van der Waals surface area contributed by atoms with E-state index in [9.17, 15) is 4.79 Å². The number of carbonyl (C=O) groups is 1. The lowest BCUT2D eigenvalue weighted by Gasteiger charge is -2.08. The first kappa shape index (κ1) is 19.6. The van der Waals surface area contributed by atoms with E-state index in [1.807, 2.05) is 30.3 Å². The van der Waals surface area contributed by atoms with Gasteiger partial charge in [0.1, 0.15) is 5.76 Å². The van der Waals surface area contributed by atoms with Crippen molar-refractivity contribution >= 4 is 16.9 Å². The standard InChI is InChI=1S/C22H24O6/c1-14(23)27-9-5-6-15-10-17-13-19(28-22(17)21(11-15)26-4)16-7-8-18(24-2)20(12-16)25-3/h7-8,10-13H,5-6,9H2,1-4H3. The van der Waals surface area contributed by atoms with Gasteiger partial charge in [-0.05, 0) is 54.8 Å². The summed E-state index contributed by atoms with van der Waals surface area (Å²) in [6.07, 6.45) is 1.52. The predicted octanol–water partition coefficient (Wildman–Crippen LogP) is 4.62. The molecule has 2 aromatic carbocycles. The van der Waals surface area contributed by atoms with Crippen LogP contribution < -0.4 is 14.2 Å². The van der Waals surface area contributed by atoms with Gasteiger partial charge in [-0.3, -0.25) is 4.79 Å². The summed E-state index contributed by atoms with van der Waals surface area (Å²) in [7, 11) is 4.83. The number of ether oxygens (including phenoxy) is 4. The van der Waals surface area contributed by atoms with Gasteiger partial charge in [0.2, 0.25) is 0 Å². The molecule has 1 heterocycles. The average Bonchev–Trinajstić information content (AvgIpc) is 3.14. The van der Waals surface area contributed by atoms with Gasteiger partial charge >= 0.3 is 5.97 Å². The molecule has 0 saturated heterocycles. The van der Waals surface area contributed by atoms with Crippen molar-refractivity contribution in [2.45, 2.75) is 19.8 Å². The second-order valence-electron chi connectivity index (χ2n) is 6.34. The van der Waals surface area contributed by atoms with Gasteiger partial charge in [-0.15, -0.1) is 0 Å². The molecule has 0 atom stereocenters. The molecular formula is C22H24O6. The summed E-state index contributed by atoms with van der Waals surface area (Å²) in [6.45, 7) is 1.81. The third-order valence-corrected chi connectivity index (χ3v) is 4.45. The molecule has 1 aromatic heterocycles. The fourth-order valence-electron chi connectivity index (χ4n) is 3.10. The Labute approximate surface area is 163 Å². The van der Waals surface area contributed by atoms with Crippen LogP contribution in [0.15, 0.2) is 40.8 Å². The molecule has 0 saturated carbocycles. The van der Waals surface area contributed by atoms with E-state index in [1.54, 1.807) is 21.3 Å². The van der Waals surface area contributed by atoms with E-state index in [2.05, 4.69) is 6.07 Å². The van der Waals surface area contributed by atoms with Crippen molar-refractivity contribution in [3.05, 3.63) is 42.0 Å². The number of hydrogen-bond acceptors (Lipinski definition) is 6. The topological polar surface area (TPSA) is 67.1 Å². The summed E-state index contributed by atoms with van der Waals surface area (Å²) in [4.78, 5) is 10.9. The molecular weight excluding hydrogens is 360 g/mol. The molecule has 3 aromatic rings. The number of benzene rings is 2. The summed E-state index contributed by atoms with van der Waals surface area (Å²) < 4.78 is 27.3. The van der Waals surface area contributed by atoms with Crippen LogP contribution in [-0.2, 0) is 16.0 Å². The zero-order valence-corrected chi connectivity index (χ0v) is 16.5.